The molecule has 2 heterocycles. The fourth-order valence-corrected chi connectivity index (χ4v) is 3.73. The van der Waals surface area contributed by atoms with Crippen LogP contribution in [0.15, 0.2) is 72.9 Å². The minimum atomic E-state index is -0.693. The molecule has 0 aliphatic rings. The van der Waals surface area contributed by atoms with Gasteiger partial charge in [-0.1, -0.05) is 32.4 Å². The summed E-state index contributed by atoms with van der Waals surface area (Å²) < 4.78 is 35.8. The van der Waals surface area contributed by atoms with Gasteiger partial charge in [0.05, 0.1) is 16.4 Å². The van der Waals surface area contributed by atoms with Crippen molar-refractivity contribution in [3.8, 4) is 17.2 Å². The summed E-state index contributed by atoms with van der Waals surface area (Å²) in [5.41, 5.74) is 1.31. The molecule has 0 aliphatic heterocycles. The molecule has 0 saturated heterocycles. The van der Waals surface area contributed by atoms with Gasteiger partial charge in [0.15, 0.2) is 11.6 Å². The summed E-state index contributed by atoms with van der Waals surface area (Å²) >= 11 is 5.99. The number of hydrogen-bond donors (Lipinski definition) is 4. The van der Waals surface area contributed by atoms with E-state index in [1.165, 1.54) is 60.4 Å². The quantitative estimate of drug-likeness (QED) is 0.179. The molecule has 4 N–H and O–H groups in total. The van der Waals surface area contributed by atoms with Crippen molar-refractivity contribution in [3.63, 3.8) is 0 Å². The number of carbonyl (C=O) groups is 1. The number of rotatable bonds is 8. The van der Waals surface area contributed by atoms with Gasteiger partial charge < -0.3 is 25.8 Å². The number of aliphatic hydroxyl groups excluding tert-OH is 1. The van der Waals surface area contributed by atoms with Crippen LogP contribution in [0, 0.1) is 11.6 Å². The molecule has 0 fully saturated rings. The van der Waals surface area contributed by atoms with Crippen molar-refractivity contribution in [2.75, 3.05) is 17.7 Å². The molecular formula is C28H27ClF2N6O3. The minimum Gasteiger partial charge on any atom is -0.512 e. The lowest BCUT2D eigenvalue weighted by atomic mass is 9.92. The van der Waals surface area contributed by atoms with E-state index < -0.39 is 17.5 Å². The number of aliphatic hydroxyl groups is 1. The number of ether oxygens (including phenoxy) is 1. The number of carbonyl (C=O) groups excluding carboxylic acids is 1. The van der Waals surface area contributed by atoms with Crippen molar-refractivity contribution in [1.29, 1.82) is 0 Å². The Morgan fingerprint density at radius 3 is 2.48 bits per heavy atom. The van der Waals surface area contributed by atoms with E-state index in [1.54, 1.807) is 12.1 Å². The number of pyridine rings is 1. The van der Waals surface area contributed by atoms with E-state index in [0.717, 1.165) is 12.0 Å². The zero-order valence-electron chi connectivity index (χ0n) is 22.1. The Morgan fingerprint density at radius 2 is 1.82 bits per heavy atom. The maximum atomic E-state index is 14.9. The van der Waals surface area contributed by atoms with Crippen LogP contribution in [-0.2, 0) is 5.41 Å². The van der Waals surface area contributed by atoms with Gasteiger partial charge in [-0.3, -0.25) is 9.78 Å². The van der Waals surface area contributed by atoms with Crippen molar-refractivity contribution < 1.29 is 23.4 Å². The third-order valence-corrected chi connectivity index (χ3v) is 5.94. The van der Waals surface area contributed by atoms with Crippen LogP contribution in [0.5, 0.6) is 11.5 Å². The Hall–Kier alpha value is -4.64. The van der Waals surface area contributed by atoms with Crippen molar-refractivity contribution >= 4 is 29.0 Å². The summed E-state index contributed by atoms with van der Waals surface area (Å²) in [5, 5.41) is 22.9. The summed E-state index contributed by atoms with van der Waals surface area (Å²) in [4.78, 5) is 15.8. The molecule has 1 amide bonds. The highest BCUT2D eigenvalue weighted by Gasteiger charge is 2.22. The molecule has 0 unspecified atom stereocenters. The van der Waals surface area contributed by atoms with Gasteiger partial charge in [-0.15, -0.1) is 0 Å². The average Bonchev–Trinajstić information content (AvgIpc) is 3.35. The van der Waals surface area contributed by atoms with E-state index in [1.807, 2.05) is 20.8 Å². The first-order chi connectivity index (χ1) is 19.0. The standard InChI is InChI=1S/C28H27ClF2N6O3/c1-28(2,3)24-14-26(37(36-24)17-6-7-20(30)19(29)12-17)35-25(15-38)34-16-5-8-23(21(31)11-16)40-18-9-10-33-22(13-18)27(39)32-4/h5-15,34-35,38H,1-4H3,(H,32,39)/b25-15+. The Labute approximate surface area is 234 Å². The third-order valence-electron chi connectivity index (χ3n) is 5.65. The maximum Gasteiger partial charge on any atom is 0.269 e. The zero-order chi connectivity index (χ0) is 29.0. The van der Waals surface area contributed by atoms with E-state index in [-0.39, 0.29) is 33.5 Å². The molecule has 0 bridgehead atoms. The second kappa shape index (κ2) is 11.6. The van der Waals surface area contributed by atoms with Crippen LogP contribution in [0.3, 0.4) is 0 Å². The molecule has 0 radical (unpaired) electrons. The van der Waals surface area contributed by atoms with E-state index in [2.05, 4.69) is 26.0 Å². The molecule has 4 aromatic rings. The van der Waals surface area contributed by atoms with Gasteiger partial charge in [0, 0.05) is 42.5 Å². The monoisotopic (exact) mass is 568 g/mol. The molecule has 9 nitrogen and oxygen atoms in total. The van der Waals surface area contributed by atoms with Gasteiger partial charge >= 0.3 is 0 Å². The fraction of sp³-hybridized carbons (Fsp3) is 0.179. The van der Waals surface area contributed by atoms with Crippen molar-refractivity contribution in [3.05, 3.63) is 101 Å². The molecule has 12 heteroatoms. The van der Waals surface area contributed by atoms with Crippen LogP contribution in [0.2, 0.25) is 5.02 Å². The first-order valence-electron chi connectivity index (χ1n) is 12.1. The van der Waals surface area contributed by atoms with Crippen LogP contribution < -0.4 is 20.7 Å². The molecule has 0 aliphatic carbocycles. The molecular weight excluding hydrogens is 542 g/mol. The summed E-state index contributed by atoms with van der Waals surface area (Å²) in [5.74, 6) is -0.970. The summed E-state index contributed by atoms with van der Waals surface area (Å²) in [6.07, 6.45) is 2.17. The average molecular weight is 569 g/mol. The topological polar surface area (TPSA) is 113 Å². The molecule has 208 valence electrons. The van der Waals surface area contributed by atoms with E-state index in [4.69, 9.17) is 16.3 Å². The normalized spacial score (nSPS) is 11.7. The minimum absolute atomic E-state index is 0.0679. The van der Waals surface area contributed by atoms with Gasteiger partial charge in [-0.2, -0.15) is 5.10 Å². The van der Waals surface area contributed by atoms with E-state index >= 15 is 0 Å². The van der Waals surface area contributed by atoms with Crippen LogP contribution in [0.4, 0.5) is 20.3 Å². The lowest BCUT2D eigenvalue weighted by molar-refractivity contribution is 0.0958. The third kappa shape index (κ3) is 6.49. The number of anilines is 2. The zero-order valence-corrected chi connectivity index (χ0v) is 22.8. The van der Waals surface area contributed by atoms with Gasteiger partial charge in [-0.25, -0.2) is 13.5 Å². The SMILES string of the molecule is CNC(=O)c1cc(Oc2ccc(N/C(=C\O)Nc3cc(C(C)(C)C)nn3-c3ccc(F)c(Cl)c3)cc2F)ccn1. The molecule has 2 aromatic heterocycles. The van der Waals surface area contributed by atoms with Crippen LogP contribution in [-0.4, -0.2) is 32.8 Å². The lowest BCUT2D eigenvalue weighted by Gasteiger charge is -2.15. The van der Waals surface area contributed by atoms with Gasteiger partial charge in [-0.05, 0) is 36.4 Å². The number of halogens is 3. The number of hydrogen-bond acceptors (Lipinski definition) is 7. The summed E-state index contributed by atoms with van der Waals surface area (Å²) in [6.45, 7) is 5.96. The number of aromatic nitrogens is 3. The number of benzene rings is 2. The Morgan fingerprint density at radius 1 is 1.05 bits per heavy atom. The second-order valence-electron chi connectivity index (χ2n) is 9.67. The van der Waals surface area contributed by atoms with E-state index in [9.17, 15) is 18.7 Å². The van der Waals surface area contributed by atoms with Crippen LogP contribution >= 0.6 is 11.6 Å². The molecule has 0 spiro atoms. The number of nitrogens with one attached hydrogen (secondary N) is 3. The Balaban J connectivity index is 1.55. The summed E-state index contributed by atoms with van der Waals surface area (Å²) in [7, 11) is 1.47. The van der Waals surface area contributed by atoms with Crippen molar-refractivity contribution in [1.82, 2.24) is 20.1 Å². The predicted octanol–water partition coefficient (Wildman–Crippen LogP) is 6.53. The number of amides is 1. The maximum absolute atomic E-state index is 14.9. The van der Waals surface area contributed by atoms with Crippen LogP contribution in [0.25, 0.3) is 5.69 Å². The lowest BCUT2D eigenvalue weighted by Crippen LogP contribution is -2.18. The Kier molecular flexibility index (Phi) is 8.24. The summed E-state index contributed by atoms with van der Waals surface area (Å²) in [6, 6.07) is 13.0. The highest BCUT2D eigenvalue weighted by atomic mass is 35.5. The predicted molar refractivity (Wildman–Crippen MR) is 149 cm³/mol. The Bertz CT molecular complexity index is 1580. The first-order valence-corrected chi connectivity index (χ1v) is 12.5. The van der Waals surface area contributed by atoms with Crippen molar-refractivity contribution in [2.24, 2.45) is 0 Å². The smallest absolute Gasteiger partial charge is 0.269 e. The largest absolute Gasteiger partial charge is 0.512 e. The molecule has 4 rings (SSSR count). The van der Waals surface area contributed by atoms with Crippen LogP contribution in [0.1, 0.15) is 37.0 Å². The molecule has 40 heavy (non-hydrogen) atoms. The van der Waals surface area contributed by atoms with Gasteiger partial charge in [0.2, 0.25) is 0 Å². The van der Waals surface area contributed by atoms with Crippen molar-refractivity contribution in [2.45, 2.75) is 26.2 Å². The molecule has 2 aromatic carbocycles. The molecule has 0 atom stereocenters. The number of nitrogens with zero attached hydrogens (tertiary/aromatic N) is 3. The van der Waals surface area contributed by atoms with Gasteiger partial charge in [0.25, 0.3) is 5.91 Å². The highest BCUT2D eigenvalue weighted by Crippen LogP contribution is 2.30. The van der Waals surface area contributed by atoms with Gasteiger partial charge in [0.1, 0.15) is 35.2 Å². The first kappa shape index (κ1) is 28.4. The van der Waals surface area contributed by atoms with E-state index in [0.29, 0.717) is 17.2 Å². The second-order valence-corrected chi connectivity index (χ2v) is 10.1. The highest BCUT2D eigenvalue weighted by molar-refractivity contribution is 6.30. The fourth-order valence-electron chi connectivity index (χ4n) is 3.55. The molecule has 0 saturated carbocycles.